The standard InChI is InChI=1S/C19H24OS/c1-5-18(20)14-6-10-16(11-7-14)21-17-12-8-15(9-13-17)19(2,3)4/h6-13,18,20H,5H2,1-4H3. The third kappa shape index (κ3) is 4.36. The van der Waals surface area contributed by atoms with Gasteiger partial charge in [-0.15, -0.1) is 0 Å². The molecule has 112 valence electrons. The van der Waals surface area contributed by atoms with E-state index in [0.717, 1.165) is 12.0 Å². The first-order chi connectivity index (χ1) is 9.90. The Labute approximate surface area is 132 Å². The van der Waals surface area contributed by atoms with Crippen molar-refractivity contribution < 1.29 is 5.11 Å². The summed E-state index contributed by atoms with van der Waals surface area (Å²) in [5, 5.41) is 9.81. The van der Waals surface area contributed by atoms with Crippen LogP contribution in [0.2, 0.25) is 0 Å². The maximum Gasteiger partial charge on any atom is 0.0787 e. The minimum atomic E-state index is -0.352. The quantitative estimate of drug-likeness (QED) is 0.795. The van der Waals surface area contributed by atoms with E-state index >= 15 is 0 Å². The third-order valence-electron chi connectivity index (χ3n) is 3.61. The van der Waals surface area contributed by atoms with Gasteiger partial charge in [-0.05, 0) is 47.2 Å². The van der Waals surface area contributed by atoms with Crippen LogP contribution in [-0.4, -0.2) is 5.11 Å². The topological polar surface area (TPSA) is 20.2 Å². The lowest BCUT2D eigenvalue weighted by molar-refractivity contribution is 0.173. The Balaban J connectivity index is 2.08. The van der Waals surface area contributed by atoms with Crippen LogP contribution in [0.3, 0.4) is 0 Å². The van der Waals surface area contributed by atoms with Gasteiger partial charge in [0.05, 0.1) is 6.10 Å². The molecule has 0 saturated heterocycles. The van der Waals surface area contributed by atoms with Crippen molar-refractivity contribution in [3.63, 3.8) is 0 Å². The molecule has 0 radical (unpaired) electrons. The molecule has 0 fully saturated rings. The maximum atomic E-state index is 9.81. The minimum absolute atomic E-state index is 0.196. The molecule has 1 N–H and O–H groups in total. The fourth-order valence-corrected chi connectivity index (χ4v) is 2.97. The van der Waals surface area contributed by atoms with Gasteiger partial charge < -0.3 is 5.11 Å². The molecule has 2 aromatic carbocycles. The summed E-state index contributed by atoms with van der Waals surface area (Å²) in [5.41, 5.74) is 2.54. The second-order valence-electron chi connectivity index (χ2n) is 6.37. The van der Waals surface area contributed by atoms with Crippen LogP contribution in [-0.2, 0) is 5.41 Å². The van der Waals surface area contributed by atoms with Crippen molar-refractivity contribution in [2.45, 2.75) is 55.4 Å². The molecular formula is C19H24OS. The summed E-state index contributed by atoms with van der Waals surface area (Å²) < 4.78 is 0. The normalized spacial score (nSPS) is 13.2. The van der Waals surface area contributed by atoms with E-state index in [1.165, 1.54) is 15.4 Å². The molecule has 2 aromatic rings. The number of rotatable bonds is 4. The van der Waals surface area contributed by atoms with Crippen molar-refractivity contribution in [1.82, 2.24) is 0 Å². The highest BCUT2D eigenvalue weighted by Crippen LogP contribution is 2.31. The van der Waals surface area contributed by atoms with E-state index in [0.29, 0.717) is 0 Å². The van der Waals surface area contributed by atoms with Crippen molar-refractivity contribution in [1.29, 1.82) is 0 Å². The summed E-state index contributed by atoms with van der Waals surface area (Å²) in [6.45, 7) is 8.68. The second kappa shape index (κ2) is 6.67. The van der Waals surface area contributed by atoms with Crippen molar-refractivity contribution in [2.75, 3.05) is 0 Å². The third-order valence-corrected chi connectivity index (χ3v) is 4.62. The highest BCUT2D eigenvalue weighted by atomic mass is 32.2. The van der Waals surface area contributed by atoms with Crippen molar-refractivity contribution in [2.24, 2.45) is 0 Å². The second-order valence-corrected chi connectivity index (χ2v) is 7.52. The van der Waals surface area contributed by atoms with Crippen LogP contribution in [0, 0.1) is 0 Å². The number of benzene rings is 2. The maximum absolute atomic E-state index is 9.81. The highest BCUT2D eigenvalue weighted by Gasteiger charge is 2.13. The van der Waals surface area contributed by atoms with Gasteiger partial charge in [0.2, 0.25) is 0 Å². The molecule has 1 atom stereocenters. The zero-order valence-corrected chi connectivity index (χ0v) is 14.1. The lowest BCUT2D eigenvalue weighted by atomic mass is 9.87. The van der Waals surface area contributed by atoms with E-state index in [4.69, 9.17) is 0 Å². The molecule has 0 aliphatic rings. The van der Waals surface area contributed by atoms with Gasteiger partial charge in [-0.3, -0.25) is 0 Å². The zero-order chi connectivity index (χ0) is 15.5. The van der Waals surface area contributed by atoms with Crippen LogP contribution < -0.4 is 0 Å². The number of aliphatic hydroxyl groups is 1. The van der Waals surface area contributed by atoms with Gasteiger partial charge in [0.25, 0.3) is 0 Å². The average Bonchev–Trinajstić information content (AvgIpc) is 2.47. The number of aliphatic hydroxyl groups excluding tert-OH is 1. The molecule has 0 bridgehead atoms. The van der Waals surface area contributed by atoms with E-state index in [1.807, 2.05) is 19.1 Å². The van der Waals surface area contributed by atoms with Crippen LogP contribution in [0.1, 0.15) is 51.3 Å². The molecule has 21 heavy (non-hydrogen) atoms. The van der Waals surface area contributed by atoms with E-state index in [1.54, 1.807) is 11.8 Å². The molecular weight excluding hydrogens is 276 g/mol. The minimum Gasteiger partial charge on any atom is -0.388 e. The van der Waals surface area contributed by atoms with Gasteiger partial charge in [0.15, 0.2) is 0 Å². The van der Waals surface area contributed by atoms with E-state index in [-0.39, 0.29) is 11.5 Å². The Bertz CT molecular complexity index is 564. The van der Waals surface area contributed by atoms with E-state index < -0.39 is 0 Å². The van der Waals surface area contributed by atoms with Gasteiger partial charge in [0, 0.05) is 9.79 Å². The lowest BCUT2D eigenvalue weighted by Crippen LogP contribution is -2.10. The Hall–Kier alpha value is -1.25. The molecule has 1 unspecified atom stereocenters. The first-order valence-electron chi connectivity index (χ1n) is 7.46. The molecule has 0 aromatic heterocycles. The van der Waals surface area contributed by atoms with E-state index in [9.17, 15) is 5.11 Å². The Kier molecular flexibility index (Phi) is 5.13. The fraction of sp³-hybridized carbons (Fsp3) is 0.368. The van der Waals surface area contributed by atoms with Crippen molar-refractivity contribution in [3.8, 4) is 0 Å². The molecule has 2 heteroatoms. The lowest BCUT2D eigenvalue weighted by Gasteiger charge is -2.19. The van der Waals surface area contributed by atoms with Crippen LogP contribution in [0.25, 0.3) is 0 Å². The summed E-state index contributed by atoms with van der Waals surface area (Å²) in [5.74, 6) is 0. The van der Waals surface area contributed by atoms with Gasteiger partial charge in [0.1, 0.15) is 0 Å². The predicted octanol–water partition coefficient (Wildman–Crippen LogP) is 5.58. The summed E-state index contributed by atoms with van der Waals surface area (Å²) in [6.07, 6.45) is 0.399. The van der Waals surface area contributed by atoms with Crippen LogP contribution in [0.15, 0.2) is 58.3 Å². The van der Waals surface area contributed by atoms with E-state index in [2.05, 4.69) is 57.2 Å². The summed E-state index contributed by atoms with van der Waals surface area (Å²) in [6, 6.07) is 17.0. The molecule has 0 aliphatic heterocycles. The SMILES string of the molecule is CCC(O)c1ccc(Sc2ccc(C(C)(C)C)cc2)cc1. The van der Waals surface area contributed by atoms with Gasteiger partial charge in [-0.2, -0.15) is 0 Å². The smallest absolute Gasteiger partial charge is 0.0787 e. The van der Waals surface area contributed by atoms with Gasteiger partial charge in [-0.25, -0.2) is 0 Å². The van der Waals surface area contributed by atoms with Gasteiger partial charge in [-0.1, -0.05) is 63.7 Å². The monoisotopic (exact) mass is 300 g/mol. The molecule has 0 spiro atoms. The Morgan fingerprint density at radius 3 is 1.81 bits per heavy atom. The zero-order valence-electron chi connectivity index (χ0n) is 13.3. The number of hydrogen-bond donors (Lipinski definition) is 1. The Morgan fingerprint density at radius 1 is 0.905 bits per heavy atom. The first-order valence-corrected chi connectivity index (χ1v) is 8.28. The summed E-state index contributed by atoms with van der Waals surface area (Å²) >= 11 is 1.75. The van der Waals surface area contributed by atoms with Gasteiger partial charge >= 0.3 is 0 Å². The summed E-state index contributed by atoms with van der Waals surface area (Å²) in [7, 11) is 0. The molecule has 2 rings (SSSR count). The molecule has 0 aliphatic carbocycles. The molecule has 0 saturated carbocycles. The van der Waals surface area contributed by atoms with Crippen molar-refractivity contribution >= 4 is 11.8 Å². The Morgan fingerprint density at radius 2 is 1.38 bits per heavy atom. The highest BCUT2D eigenvalue weighted by molar-refractivity contribution is 7.99. The van der Waals surface area contributed by atoms with Crippen LogP contribution in [0.4, 0.5) is 0 Å². The van der Waals surface area contributed by atoms with Crippen LogP contribution in [0.5, 0.6) is 0 Å². The summed E-state index contributed by atoms with van der Waals surface area (Å²) in [4.78, 5) is 2.44. The molecule has 1 nitrogen and oxygen atoms in total. The largest absolute Gasteiger partial charge is 0.388 e. The first kappa shape index (κ1) is 16.1. The van der Waals surface area contributed by atoms with Crippen molar-refractivity contribution in [3.05, 3.63) is 59.7 Å². The predicted molar refractivity (Wildman–Crippen MR) is 91.0 cm³/mol. The molecule has 0 heterocycles. The fourth-order valence-electron chi connectivity index (χ4n) is 2.15. The molecule has 0 amide bonds. The average molecular weight is 300 g/mol. The number of hydrogen-bond acceptors (Lipinski definition) is 2. The van der Waals surface area contributed by atoms with Crippen LogP contribution >= 0.6 is 11.8 Å².